The summed E-state index contributed by atoms with van der Waals surface area (Å²) in [6.07, 6.45) is 6.61. The Kier molecular flexibility index (Phi) is 4.10. The standard InChI is InChI=1S/C19H24N4O/c1-23-17(10-11-20-23)19-16(8-9-18(24)22-19)21-15-7-6-13-4-2-3-5-14(13)12-15/h2-5,10-11,15-16,19,21H,6-9,12H2,1H3,(H,22,24)/t15-,16-,19-/m1/s1. The molecule has 1 amide bonds. The number of rotatable bonds is 3. The molecule has 2 heterocycles. The molecule has 0 saturated carbocycles. The molecule has 2 aromatic rings. The number of benzene rings is 1. The number of piperidine rings is 1. The highest BCUT2D eigenvalue weighted by atomic mass is 16.1. The predicted molar refractivity (Wildman–Crippen MR) is 92.5 cm³/mol. The van der Waals surface area contributed by atoms with Crippen molar-refractivity contribution >= 4 is 5.91 Å². The van der Waals surface area contributed by atoms with Gasteiger partial charge in [-0.1, -0.05) is 24.3 Å². The molecule has 1 saturated heterocycles. The first-order valence-electron chi connectivity index (χ1n) is 8.81. The van der Waals surface area contributed by atoms with E-state index in [1.807, 2.05) is 17.8 Å². The summed E-state index contributed by atoms with van der Waals surface area (Å²) in [6.45, 7) is 0. The molecule has 2 N–H and O–H groups in total. The van der Waals surface area contributed by atoms with Crippen LogP contribution in [0.5, 0.6) is 0 Å². The molecule has 4 rings (SSSR count). The van der Waals surface area contributed by atoms with E-state index in [1.54, 1.807) is 6.20 Å². The molecule has 0 bridgehead atoms. The van der Waals surface area contributed by atoms with E-state index < -0.39 is 0 Å². The normalized spacial score (nSPS) is 26.7. The summed E-state index contributed by atoms with van der Waals surface area (Å²) in [5, 5.41) is 11.3. The number of fused-ring (bicyclic) bond motifs is 1. The maximum Gasteiger partial charge on any atom is 0.220 e. The Morgan fingerprint density at radius 2 is 2.00 bits per heavy atom. The Hall–Kier alpha value is -2.14. The van der Waals surface area contributed by atoms with E-state index in [1.165, 1.54) is 11.1 Å². The summed E-state index contributed by atoms with van der Waals surface area (Å²) in [5.74, 6) is 0.133. The van der Waals surface area contributed by atoms with Gasteiger partial charge in [0, 0.05) is 31.7 Å². The van der Waals surface area contributed by atoms with Crippen LogP contribution in [0.15, 0.2) is 36.5 Å². The SMILES string of the molecule is Cn1nccc1[C@@H]1NC(=O)CC[C@H]1N[C@@H]1CCc2ccccc2C1. The third kappa shape index (κ3) is 2.96. The molecule has 1 fully saturated rings. The number of hydrogen-bond donors (Lipinski definition) is 2. The average molecular weight is 324 g/mol. The fourth-order valence-corrected chi connectivity index (χ4v) is 4.09. The van der Waals surface area contributed by atoms with Crippen LogP contribution in [-0.2, 0) is 24.7 Å². The molecule has 126 valence electrons. The molecule has 5 nitrogen and oxygen atoms in total. The van der Waals surface area contributed by atoms with E-state index in [0.717, 1.165) is 31.4 Å². The van der Waals surface area contributed by atoms with E-state index in [0.29, 0.717) is 12.5 Å². The Morgan fingerprint density at radius 3 is 2.79 bits per heavy atom. The maximum absolute atomic E-state index is 11.9. The molecule has 0 radical (unpaired) electrons. The van der Waals surface area contributed by atoms with Gasteiger partial charge in [-0.3, -0.25) is 9.48 Å². The number of hydrogen-bond acceptors (Lipinski definition) is 3. The third-order valence-electron chi connectivity index (χ3n) is 5.38. The Morgan fingerprint density at radius 1 is 1.17 bits per heavy atom. The zero-order valence-corrected chi connectivity index (χ0v) is 14.0. The van der Waals surface area contributed by atoms with Gasteiger partial charge in [0.25, 0.3) is 0 Å². The van der Waals surface area contributed by atoms with Crippen molar-refractivity contribution < 1.29 is 4.79 Å². The van der Waals surface area contributed by atoms with Crippen LogP contribution in [-0.4, -0.2) is 27.8 Å². The van der Waals surface area contributed by atoms with Crippen molar-refractivity contribution in [3.8, 4) is 0 Å². The van der Waals surface area contributed by atoms with Crippen LogP contribution in [0.25, 0.3) is 0 Å². The van der Waals surface area contributed by atoms with Gasteiger partial charge in [-0.15, -0.1) is 0 Å². The fourth-order valence-electron chi connectivity index (χ4n) is 4.09. The van der Waals surface area contributed by atoms with Gasteiger partial charge in [0.1, 0.15) is 0 Å². The van der Waals surface area contributed by atoms with Gasteiger partial charge in [0.15, 0.2) is 0 Å². The summed E-state index contributed by atoms with van der Waals surface area (Å²) >= 11 is 0. The molecule has 24 heavy (non-hydrogen) atoms. The lowest BCUT2D eigenvalue weighted by Crippen LogP contribution is -2.52. The summed E-state index contributed by atoms with van der Waals surface area (Å²) in [6, 6.07) is 11.5. The minimum Gasteiger partial charge on any atom is -0.346 e. The van der Waals surface area contributed by atoms with Gasteiger partial charge < -0.3 is 10.6 Å². The largest absolute Gasteiger partial charge is 0.346 e. The molecule has 3 atom stereocenters. The Balaban J connectivity index is 1.50. The van der Waals surface area contributed by atoms with Crippen molar-refractivity contribution in [2.24, 2.45) is 7.05 Å². The van der Waals surface area contributed by atoms with Crippen LogP contribution in [0.4, 0.5) is 0 Å². The number of nitrogens with zero attached hydrogens (tertiary/aromatic N) is 2. The lowest BCUT2D eigenvalue weighted by Gasteiger charge is -2.37. The van der Waals surface area contributed by atoms with Crippen LogP contribution >= 0.6 is 0 Å². The highest BCUT2D eigenvalue weighted by Gasteiger charge is 2.33. The fraction of sp³-hybridized carbons (Fsp3) is 0.474. The monoisotopic (exact) mass is 324 g/mol. The Bertz CT molecular complexity index is 738. The van der Waals surface area contributed by atoms with Gasteiger partial charge in [0.05, 0.1) is 11.7 Å². The number of aromatic nitrogens is 2. The minimum absolute atomic E-state index is 0.00378. The number of amides is 1. The topological polar surface area (TPSA) is 59.0 Å². The zero-order valence-electron chi connectivity index (χ0n) is 14.0. The summed E-state index contributed by atoms with van der Waals surface area (Å²) in [5.41, 5.74) is 4.01. The third-order valence-corrected chi connectivity index (χ3v) is 5.38. The number of carbonyl (C=O) groups is 1. The number of aryl methyl sites for hydroxylation is 2. The highest BCUT2D eigenvalue weighted by Crippen LogP contribution is 2.27. The van der Waals surface area contributed by atoms with Crippen molar-refractivity contribution in [3.05, 3.63) is 53.3 Å². The van der Waals surface area contributed by atoms with E-state index in [2.05, 4.69) is 40.0 Å². The smallest absolute Gasteiger partial charge is 0.220 e. The molecule has 1 aromatic carbocycles. The van der Waals surface area contributed by atoms with E-state index in [9.17, 15) is 4.79 Å². The van der Waals surface area contributed by atoms with Crippen LogP contribution in [0.2, 0.25) is 0 Å². The lowest BCUT2D eigenvalue weighted by atomic mass is 9.86. The van der Waals surface area contributed by atoms with Crippen LogP contribution in [0.3, 0.4) is 0 Å². The molecular weight excluding hydrogens is 300 g/mol. The summed E-state index contributed by atoms with van der Waals surface area (Å²) in [4.78, 5) is 11.9. The van der Waals surface area contributed by atoms with E-state index >= 15 is 0 Å². The summed E-state index contributed by atoms with van der Waals surface area (Å²) < 4.78 is 1.86. The molecule has 1 aromatic heterocycles. The second-order valence-electron chi connectivity index (χ2n) is 6.95. The lowest BCUT2D eigenvalue weighted by molar-refractivity contribution is -0.124. The second kappa shape index (κ2) is 6.40. The van der Waals surface area contributed by atoms with E-state index in [-0.39, 0.29) is 18.0 Å². The molecule has 1 aliphatic carbocycles. The van der Waals surface area contributed by atoms with Gasteiger partial charge >= 0.3 is 0 Å². The first kappa shape index (κ1) is 15.4. The van der Waals surface area contributed by atoms with Crippen LogP contribution < -0.4 is 10.6 Å². The highest BCUT2D eigenvalue weighted by molar-refractivity contribution is 5.77. The second-order valence-corrected chi connectivity index (χ2v) is 6.95. The molecule has 5 heteroatoms. The predicted octanol–water partition coefficient (Wildman–Crippen LogP) is 1.89. The zero-order chi connectivity index (χ0) is 16.5. The van der Waals surface area contributed by atoms with Gasteiger partial charge in [-0.25, -0.2) is 0 Å². The van der Waals surface area contributed by atoms with Crippen molar-refractivity contribution in [2.75, 3.05) is 0 Å². The first-order valence-corrected chi connectivity index (χ1v) is 8.81. The van der Waals surface area contributed by atoms with Crippen LogP contribution in [0, 0.1) is 0 Å². The van der Waals surface area contributed by atoms with Gasteiger partial charge in [-0.2, -0.15) is 5.10 Å². The minimum atomic E-state index is -0.00378. The number of carbonyl (C=O) groups excluding carboxylic acids is 1. The quantitative estimate of drug-likeness (QED) is 0.906. The maximum atomic E-state index is 11.9. The summed E-state index contributed by atoms with van der Waals surface area (Å²) in [7, 11) is 1.93. The molecule has 2 aliphatic rings. The molecule has 0 unspecified atom stereocenters. The van der Waals surface area contributed by atoms with Gasteiger partial charge in [0.2, 0.25) is 5.91 Å². The molecular formula is C19H24N4O. The van der Waals surface area contributed by atoms with E-state index in [4.69, 9.17) is 0 Å². The van der Waals surface area contributed by atoms with Crippen LogP contribution in [0.1, 0.15) is 42.1 Å². The average Bonchev–Trinajstić information content (AvgIpc) is 3.02. The van der Waals surface area contributed by atoms with Crippen molar-refractivity contribution in [1.29, 1.82) is 0 Å². The first-order chi connectivity index (χ1) is 11.7. The van der Waals surface area contributed by atoms with Crippen molar-refractivity contribution in [1.82, 2.24) is 20.4 Å². The van der Waals surface area contributed by atoms with Crippen molar-refractivity contribution in [3.63, 3.8) is 0 Å². The molecule has 1 aliphatic heterocycles. The Labute approximate surface area is 142 Å². The van der Waals surface area contributed by atoms with Gasteiger partial charge in [-0.05, 0) is 42.9 Å². The molecule has 0 spiro atoms. The number of nitrogens with one attached hydrogen (secondary N) is 2. The van der Waals surface area contributed by atoms with Crippen molar-refractivity contribution in [2.45, 2.75) is 50.2 Å².